The molecule has 2 heterocycles. The summed E-state index contributed by atoms with van der Waals surface area (Å²) in [4.78, 5) is 19.0. The van der Waals surface area contributed by atoms with Gasteiger partial charge in [0.05, 0.1) is 17.3 Å². The zero-order chi connectivity index (χ0) is 13.2. The van der Waals surface area contributed by atoms with Gasteiger partial charge in [-0.05, 0) is 26.8 Å². The normalized spacial score (nSPS) is 19.2. The number of nitrogens with zero attached hydrogens (tertiary/aromatic N) is 3. The Morgan fingerprint density at radius 3 is 2.78 bits per heavy atom. The minimum Gasteiger partial charge on any atom is -0.333 e. The summed E-state index contributed by atoms with van der Waals surface area (Å²) in [5, 5.41) is 12.2. The second-order valence-corrected chi connectivity index (χ2v) is 5.57. The third kappa shape index (κ3) is 2.52. The lowest BCUT2D eigenvalue weighted by atomic mass is 9.89. The van der Waals surface area contributed by atoms with Gasteiger partial charge in [-0.15, -0.1) is 11.3 Å². The molecule has 0 saturated carbocycles. The molecule has 1 amide bonds. The lowest BCUT2D eigenvalue weighted by molar-refractivity contribution is 0.0885. The molecule has 1 aliphatic rings. The van der Waals surface area contributed by atoms with Gasteiger partial charge in [0.2, 0.25) is 0 Å². The summed E-state index contributed by atoms with van der Waals surface area (Å²) in [6.45, 7) is 3.46. The predicted octanol–water partition coefficient (Wildman–Crippen LogP) is 1.17. The molecule has 1 aliphatic heterocycles. The number of aryl methyl sites for hydroxylation is 1. The van der Waals surface area contributed by atoms with E-state index in [1.807, 2.05) is 7.05 Å². The van der Waals surface area contributed by atoms with Gasteiger partial charge in [-0.1, -0.05) is 0 Å². The van der Waals surface area contributed by atoms with Crippen molar-refractivity contribution in [3.63, 3.8) is 0 Å². The molecule has 1 fully saturated rings. The molecule has 0 aliphatic carbocycles. The van der Waals surface area contributed by atoms with Crippen LogP contribution in [0.1, 0.15) is 28.2 Å². The quantitative estimate of drug-likeness (QED) is 0.870. The smallest absolute Gasteiger partial charge is 0.264 e. The molecule has 1 N–H and O–H groups in total. The van der Waals surface area contributed by atoms with Crippen LogP contribution in [0.2, 0.25) is 0 Å². The third-order valence-electron chi connectivity index (χ3n) is 3.36. The van der Waals surface area contributed by atoms with E-state index in [2.05, 4.69) is 21.3 Å². The summed E-state index contributed by atoms with van der Waals surface area (Å²) >= 11 is 1.31. The number of thiazole rings is 1. The molecule has 5 nitrogen and oxygen atoms in total. The third-order valence-corrected chi connectivity index (χ3v) is 4.29. The van der Waals surface area contributed by atoms with Gasteiger partial charge in [0.1, 0.15) is 10.4 Å². The van der Waals surface area contributed by atoms with E-state index in [1.165, 1.54) is 11.3 Å². The highest BCUT2D eigenvalue weighted by atomic mass is 32.1. The molecule has 18 heavy (non-hydrogen) atoms. The lowest BCUT2D eigenvalue weighted by Crippen LogP contribution is -2.53. The fraction of sp³-hybridized carbons (Fsp3) is 0.583. The number of aromatic nitrogens is 1. The summed E-state index contributed by atoms with van der Waals surface area (Å²) in [5.74, 6) is -0.180. The van der Waals surface area contributed by atoms with Gasteiger partial charge in [0.15, 0.2) is 0 Å². The number of likely N-dealkylation sites (tertiary alicyclic amines) is 1. The fourth-order valence-corrected chi connectivity index (χ4v) is 2.76. The van der Waals surface area contributed by atoms with Crippen molar-refractivity contribution in [1.82, 2.24) is 15.2 Å². The molecule has 0 aromatic carbocycles. The van der Waals surface area contributed by atoms with Gasteiger partial charge in [0, 0.05) is 13.1 Å². The van der Waals surface area contributed by atoms with Gasteiger partial charge in [-0.25, -0.2) is 4.98 Å². The van der Waals surface area contributed by atoms with Crippen molar-refractivity contribution in [3.05, 3.63) is 16.1 Å². The topological polar surface area (TPSA) is 69.0 Å². The van der Waals surface area contributed by atoms with E-state index in [1.54, 1.807) is 12.4 Å². The van der Waals surface area contributed by atoms with Crippen LogP contribution < -0.4 is 5.32 Å². The Kier molecular flexibility index (Phi) is 3.64. The van der Waals surface area contributed by atoms with Crippen molar-refractivity contribution in [2.24, 2.45) is 0 Å². The van der Waals surface area contributed by atoms with Crippen LogP contribution in [0.5, 0.6) is 0 Å². The highest BCUT2D eigenvalue weighted by Gasteiger charge is 2.36. The molecule has 6 heteroatoms. The number of rotatable bonds is 2. The first-order valence-corrected chi connectivity index (χ1v) is 6.77. The van der Waals surface area contributed by atoms with Crippen LogP contribution in [-0.2, 0) is 0 Å². The number of hydrogen-bond acceptors (Lipinski definition) is 5. The molecule has 0 bridgehead atoms. The lowest BCUT2D eigenvalue weighted by Gasteiger charge is -2.35. The Morgan fingerprint density at radius 1 is 1.61 bits per heavy atom. The first-order valence-electron chi connectivity index (χ1n) is 5.89. The van der Waals surface area contributed by atoms with Crippen LogP contribution in [-0.4, -0.2) is 41.5 Å². The maximum atomic E-state index is 12.1. The van der Waals surface area contributed by atoms with Crippen LogP contribution in [0.25, 0.3) is 0 Å². The number of nitriles is 1. The van der Waals surface area contributed by atoms with Gasteiger partial charge >= 0.3 is 0 Å². The van der Waals surface area contributed by atoms with Gasteiger partial charge in [-0.3, -0.25) is 4.79 Å². The number of carbonyl (C=O) groups excluding carboxylic acids is 1. The van der Waals surface area contributed by atoms with E-state index in [0.29, 0.717) is 17.7 Å². The highest BCUT2D eigenvalue weighted by molar-refractivity contribution is 7.11. The average Bonchev–Trinajstić information content (AvgIpc) is 2.79. The Bertz CT molecular complexity index is 483. The Balaban J connectivity index is 2.10. The number of carbonyl (C=O) groups is 1. The van der Waals surface area contributed by atoms with Crippen molar-refractivity contribution >= 4 is 17.2 Å². The molecule has 0 unspecified atom stereocenters. The zero-order valence-corrected chi connectivity index (χ0v) is 11.4. The SMILES string of the molecule is Cc1ncsc1C(=O)NC1(C#N)CCN(C)CC1. The van der Waals surface area contributed by atoms with Crippen molar-refractivity contribution in [3.8, 4) is 6.07 Å². The van der Waals surface area contributed by atoms with Crippen molar-refractivity contribution < 1.29 is 4.79 Å². The molecule has 1 aromatic heterocycles. The van der Waals surface area contributed by atoms with Crippen molar-refractivity contribution in [2.75, 3.05) is 20.1 Å². The molecule has 1 saturated heterocycles. The molecule has 96 valence electrons. The van der Waals surface area contributed by atoms with Crippen LogP contribution in [0.4, 0.5) is 0 Å². The number of hydrogen-bond donors (Lipinski definition) is 1. The maximum Gasteiger partial charge on any atom is 0.264 e. The van der Waals surface area contributed by atoms with E-state index >= 15 is 0 Å². The van der Waals surface area contributed by atoms with Gasteiger partial charge < -0.3 is 10.2 Å². The van der Waals surface area contributed by atoms with Crippen molar-refractivity contribution in [2.45, 2.75) is 25.3 Å². The first-order chi connectivity index (χ1) is 8.56. The van der Waals surface area contributed by atoms with Gasteiger partial charge in [-0.2, -0.15) is 5.26 Å². The Labute approximate surface area is 110 Å². The average molecular weight is 264 g/mol. The monoisotopic (exact) mass is 264 g/mol. The molecular weight excluding hydrogens is 248 g/mol. The summed E-state index contributed by atoms with van der Waals surface area (Å²) in [6, 6.07) is 2.28. The van der Waals surface area contributed by atoms with E-state index in [9.17, 15) is 10.1 Å². The summed E-state index contributed by atoms with van der Waals surface area (Å²) in [7, 11) is 2.02. The maximum absolute atomic E-state index is 12.1. The Hall–Kier alpha value is -1.45. The summed E-state index contributed by atoms with van der Waals surface area (Å²) in [6.07, 6.45) is 1.34. The van der Waals surface area contributed by atoms with Crippen LogP contribution >= 0.6 is 11.3 Å². The second kappa shape index (κ2) is 5.04. The van der Waals surface area contributed by atoms with E-state index in [0.717, 1.165) is 18.8 Å². The first kappa shape index (κ1) is 13.0. The largest absolute Gasteiger partial charge is 0.333 e. The van der Waals surface area contributed by atoms with Crippen LogP contribution in [0.3, 0.4) is 0 Å². The van der Waals surface area contributed by atoms with Crippen LogP contribution in [0, 0.1) is 18.3 Å². The minimum absolute atomic E-state index is 0.180. The molecule has 0 atom stereocenters. The van der Waals surface area contributed by atoms with E-state index in [4.69, 9.17) is 0 Å². The zero-order valence-electron chi connectivity index (χ0n) is 10.6. The predicted molar refractivity (Wildman–Crippen MR) is 69.4 cm³/mol. The molecular formula is C12H16N4OS. The fourth-order valence-electron chi connectivity index (χ4n) is 2.06. The summed E-state index contributed by atoms with van der Waals surface area (Å²) in [5.41, 5.74) is 1.65. The molecule has 0 radical (unpaired) electrons. The second-order valence-electron chi connectivity index (χ2n) is 4.72. The Morgan fingerprint density at radius 2 is 2.28 bits per heavy atom. The standard InChI is InChI=1S/C12H16N4OS/c1-9-10(18-8-14-9)11(17)15-12(7-13)3-5-16(2)6-4-12/h8H,3-6H2,1-2H3,(H,15,17). The van der Waals surface area contributed by atoms with E-state index < -0.39 is 5.54 Å². The molecule has 1 aromatic rings. The van der Waals surface area contributed by atoms with Crippen LogP contribution in [0.15, 0.2) is 5.51 Å². The molecule has 0 spiro atoms. The minimum atomic E-state index is -0.722. The number of nitrogens with one attached hydrogen (secondary N) is 1. The van der Waals surface area contributed by atoms with E-state index in [-0.39, 0.29) is 5.91 Å². The van der Waals surface area contributed by atoms with Crippen molar-refractivity contribution in [1.29, 1.82) is 5.26 Å². The number of amides is 1. The highest BCUT2D eigenvalue weighted by Crippen LogP contribution is 2.22. The number of piperidine rings is 1. The molecule has 2 rings (SSSR count). The summed E-state index contributed by atoms with van der Waals surface area (Å²) < 4.78 is 0. The van der Waals surface area contributed by atoms with Gasteiger partial charge in [0.25, 0.3) is 5.91 Å².